The number of allylic oxidation sites excluding steroid dienone is 1. The van der Waals surface area contributed by atoms with Crippen molar-refractivity contribution in [2.45, 2.75) is 20.3 Å². The largest absolute Gasteiger partial charge is 0.491 e. The van der Waals surface area contributed by atoms with Crippen LogP contribution in [0.25, 0.3) is 10.9 Å². The molecular weight excluding hydrogens is 503 g/mol. The fourth-order valence-electron chi connectivity index (χ4n) is 3.68. The van der Waals surface area contributed by atoms with Gasteiger partial charge in [-0.1, -0.05) is 6.08 Å². The van der Waals surface area contributed by atoms with Gasteiger partial charge in [-0.3, -0.25) is 4.79 Å². The van der Waals surface area contributed by atoms with E-state index in [0.717, 1.165) is 0 Å². The number of carbonyl (C=O) groups excluding carboxylic acids is 1. The molecule has 3 aromatic rings. The number of halogens is 1. The predicted molar refractivity (Wildman–Crippen MR) is 150 cm³/mol. The third-order valence-corrected chi connectivity index (χ3v) is 5.53. The molecular formula is C29H37FN4O5. The van der Waals surface area contributed by atoms with Crippen LogP contribution in [0, 0.1) is 5.82 Å². The molecule has 9 nitrogen and oxygen atoms in total. The van der Waals surface area contributed by atoms with Crippen LogP contribution in [0.3, 0.4) is 0 Å². The molecule has 1 N–H and O–H groups in total. The van der Waals surface area contributed by atoms with E-state index in [0.29, 0.717) is 73.3 Å². The fourth-order valence-corrected chi connectivity index (χ4v) is 3.68. The molecule has 1 heterocycles. The molecule has 0 amide bonds. The van der Waals surface area contributed by atoms with Gasteiger partial charge >= 0.3 is 0 Å². The highest BCUT2D eigenvalue weighted by Gasteiger charge is 2.14. The first-order valence-corrected chi connectivity index (χ1v) is 13.0. The van der Waals surface area contributed by atoms with E-state index in [-0.39, 0.29) is 24.6 Å². The molecule has 10 heteroatoms. The van der Waals surface area contributed by atoms with E-state index in [2.05, 4.69) is 15.3 Å². The number of benzene rings is 2. The summed E-state index contributed by atoms with van der Waals surface area (Å²) in [4.78, 5) is 23.5. The number of ether oxygens (including phenoxy) is 4. The summed E-state index contributed by atoms with van der Waals surface area (Å²) in [6, 6.07) is 8.23. The van der Waals surface area contributed by atoms with Gasteiger partial charge in [0.05, 0.1) is 18.7 Å². The molecule has 0 unspecified atom stereocenters. The Kier molecular flexibility index (Phi) is 12.1. The molecule has 0 aliphatic rings. The van der Waals surface area contributed by atoms with Gasteiger partial charge in [0, 0.05) is 54.9 Å². The quantitative estimate of drug-likeness (QED) is 0.195. The lowest BCUT2D eigenvalue weighted by Gasteiger charge is -2.15. The molecule has 3 rings (SSSR count). The molecule has 39 heavy (non-hydrogen) atoms. The zero-order chi connectivity index (χ0) is 28.0. The molecule has 0 saturated carbocycles. The molecule has 210 valence electrons. The highest BCUT2D eigenvalue weighted by molar-refractivity contribution is 5.96. The zero-order valence-electron chi connectivity index (χ0n) is 23.0. The first-order chi connectivity index (χ1) is 18.9. The van der Waals surface area contributed by atoms with E-state index in [4.69, 9.17) is 18.9 Å². The second-order valence-electron chi connectivity index (χ2n) is 8.87. The predicted octanol–water partition coefficient (Wildman–Crippen LogP) is 4.57. The van der Waals surface area contributed by atoms with E-state index in [1.807, 2.05) is 45.0 Å². The van der Waals surface area contributed by atoms with Crippen molar-refractivity contribution in [3.63, 3.8) is 0 Å². The third-order valence-electron chi connectivity index (χ3n) is 5.53. The molecule has 0 radical (unpaired) electrons. The first-order valence-electron chi connectivity index (χ1n) is 13.0. The van der Waals surface area contributed by atoms with Crippen molar-refractivity contribution in [3.05, 3.63) is 60.2 Å². The van der Waals surface area contributed by atoms with E-state index in [1.165, 1.54) is 12.4 Å². The standard InChI is InChI=1S/C29H37FN4O5/c1-5-36-12-14-38-27-10-9-22(18-25(27)30)33-29-24-17-21(16-23(35)8-7-11-34(3)4)28(39-15-13-37-6-2)19-26(24)31-20-32-29/h7-10,17-20H,5-6,11-16H2,1-4H3,(H,31,32,33)/b8-7+. The number of carbonyl (C=O) groups is 1. The molecule has 0 fully saturated rings. The van der Waals surface area contributed by atoms with Crippen LogP contribution in [0.1, 0.15) is 19.4 Å². The Morgan fingerprint density at radius 1 is 0.974 bits per heavy atom. The summed E-state index contributed by atoms with van der Waals surface area (Å²) >= 11 is 0. The minimum absolute atomic E-state index is 0.0563. The normalized spacial score (nSPS) is 11.4. The van der Waals surface area contributed by atoms with Gasteiger partial charge in [0.1, 0.15) is 31.1 Å². The van der Waals surface area contributed by atoms with Gasteiger partial charge in [-0.15, -0.1) is 0 Å². The average molecular weight is 541 g/mol. The summed E-state index contributed by atoms with van der Waals surface area (Å²) in [6.07, 6.45) is 4.97. The number of nitrogens with one attached hydrogen (secondary N) is 1. The van der Waals surface area contributed by atoms with Crippen LogP contribution >= 0.6 is 0 Å². The lowest BCUT2D eigenvalue weighted by Crippen LogP contribution is -2.12. The van der Waals surface area contributed by atoms with Gasteiger partial charge in [-0.25, -0.2) is 14.4 Å². The van der Waals surface area contributed by atoms with E-state index < -0.39 is 5.82 Å². The summed E-state index contributed by atoms with van der Waals surface area (Å²) in [7, 11) is 3.87. The fraction of sp³-hybridized carbons (Fsp3) is 0.414. The summed E-state index contributed by atoms with van der Waals surface area (Å²) in [5, 5.41) is 3.83. The van der Waals surface area contributed by atoms with Crippen LogP contribution in [-0.2, 0) is 20.7 Å². The number of rotatable bonds is 17. The van der Waals surface area contributed by atoms with Crippen molar-refractivity contribution in [2.24, 2.45) is 0 Å². The number of hydrogen-bond acceptors (Lipinski definition) is 9. The third kappa shape index (κ3) is 9.58. The van der Waals surface area contributed by atoms with Crippen LogP contribution in [-0.4, -0.2) is 80.9 Å². The van der Waals surface area contributed by atoms with Gasteiger partial charge < -0.3 is 29.2 Å². The van der Waals surface area contributed by atoms with E-state index >= 15 is 0 Å². The Labute approximate surface area is 228 Å². The number of nitrogens with zero attached hydrogens (tertiary/aromatic N) is 3. The minimum atomic E-state index is -0.504. The number of likely N-dealkylation sites (N-methyl/N-ethyl adjacent to an activating group) is 1. The van der Waals surface area contributed by atoms with Crippen LogP contribution < -0.4 is 14.8 Å². The van der Waals surface area contributed by atoms with Crippen molar-refractivity contribution < 1.29 is 28.1 Å². The maximum atomic E-state index is 14.6. The van der Waals surface area contributed by atoms with Crippen LogP contribution in [0.15, 0.2) is 48.8 Å². The van der Waals surface area contributed by atoms with Gasteiger partial charge in [0.25, 0.3) is 0 Å². The Balaban J connectivity index is 1.86. The average Bonchev–Trinajstić information content (AvgIpc) is 2.90. The topological polar surface area (TPSA) is 95.0 Å². The Morgan fingerprint density at radius 3 is 2.36 bits per heavy atom. The van der Waals surface area contributed by atoms with Crippen molar-refractivity contribution in [3.8, 4) is 11.5 Å². The maximum Gasteiger partial charge on any atom is 0.167 e. The minimum Gasteiger partial charge on any atom is -0.491 e. The number of anilines is 2. The lowest BCUT2D eigenvalue weighted by molar-refractivity contribution is -0.114. The number of fused-ring (bicyclic) bond motifs is 1. The van der Waals surface area contributed by atoms with Gasteiger partial charge in [0.15, 0.2) is 17.3 Å². The van der Waals surface area contributed by atoms with E-state index in [9.17, 15) is 9.18 Å². The number of hydrogen-bond donors (Lipinski definition) is 1. The van der Waals surface area contributed by atoms with Crippen molar-refractivity contribution >= 4 is 28.2 Å². The zero-order valence-corrected chi connectivity index (χ0v) is 23.0. The summed E-state index contributed by atoms with van der Waals surface area (Å²) in [5.41, 5.74) is 1.81. The monoisotopic (exact) mass is 540 g/mol. The van der Waals surface area contributed by atoms with E-state index in [1.54, 1.807) is 24.3 Å². The lowest BCUT2D eigenvalue weighted by atomic mass is 10.0. The highest BCUT2D eigenvalue weighted by atomic mass is 19.1. The molecule has 1 aromatic heterocycles. The Morgan fingerprint density at radius 2 is 1.69 bits per heavy atom. The van der Waals surface area contributed by atoms with Crippen LogP contribution in [0.2, 0.25) is 0 Å². The second kappa shape index (κ2) is 15.7. The number of aromatic nitrogens is 2. The van der Waals surface area contributed by atoms with Gasteiger partial charge in [0.2, 0.25) is 0 Å². The summed E-state index contributed by atoms with van der Waals surface area (Å²) < 4.78 is 36.7. The van der Waals surface area contributed by atoms with Gasteiger partial charge in [-0.2, -0.15) is 0 Å². The van der Waals surface area contributed by atoms with Crippen molar-refractivity contribution in [1.29, 1.82) is 0 Å². The Bertz CT molecular complexity index is 1250. The SMILES string of the molecule is CCOCCOc1ccc(Nc2ncnc3cc(OCCOCC)c(CC(=O)/C=C/CN(C)C)cc23)cc1F. The van der Waals surface area contributed by atoms with Crippen molar-refractivity contribution in [1.82, 2.24) is 14.9 Å². The first kappa shape index (κ1) is 29.9. The summed E-state index contributed by atoms with van der Waals surface area (Å²) in [6.45, 7) is 7.04. The molecule has 0 bridgehead atoms. The number of ketones is 1. The molecule has 2 aromatic carbocycles. The smallest absolute Gasteiger partial charge is 0.167 e. The van der Waals surface area contributed by atoms with Crippen LogP contribution in [0.5, 0.6) is 11.5 Å². The van der Waals surface area contributed by atoms with Gasteiger partial charge in [-0.05, 0) is 52.2 Å². The second-order valence-corrected chi connectivity index (χ2v) is 8.87. The molecule has 0 saturated heterocycles. The van der Waals surface area contributed by atoms with Crippen LogP contribution in [0.4, 0.5) is 15.9 Å². The Hall–Kier alpha value is -3.60. The maximum absolute atomic E-state index is 14.6. The highest BCUT2D eigenvalue weighted by Crippen LogP contribution is 2.31. The molecule has 0 aliphatic carbocycles. The molecule has 0 spiro atoms. The molecule has 0 aliphatic heterocycles. The summed E-state index contributed by atoms with van der Waals surface area (Å²) in [5.74, 6) is 0.613. The van der Waals surface area contributed by atoms with Crippen molar-refractivity contribution in [2.75, 3.05) is 65.6 Å². The molecule has 0 atom stereocenters.